The number of nitrogens with one attached hydrogen (secondary N) is 1. The van der Waals surface area contributed by atoms with Gasteiger partial charge in [0.2, 0.25) is 11.8 Å². The molecule has 2 aliphatic rings. The molecule has 0 aliphatic carbocycles. The van der Waals surface area contributed by atoms with E-state index in [-0.39, 0.29) is 18.2 Å². The van der Waals surface area contributed by atoms with Crippen molar-refractivity contribution in [3.8, 4) is 0 Å². The Bertz CT molecular complexity index is 591. The molecule has 2 aliphatic heterocycles. The molecule has 2 heterocycles. The van der Waals surface area contributed by atoms with Crippen LogP contribution in [-0.2, 0) is 19.1 Å². The van der Waals surface area contributed by atoms with Crippen LogP contribution in [0.4, 0.5) is 5.69 Å². The highest BCUT2D eigenvalue weighted by molar-refractivity contribution is 6.30. The molecule has 0 atom stereocenters. The van der Waals surface area contributed by atoms with Gasteiger partial charge in [0, 0.05) is 36.6 Å². The van der Waals surface area contributed by atoms with Crippen molar-refractivity contribution in [3.63, 3.8) is 0 Å². The summed E-state index contributed by atoms with van der Waals surface area (Å²) in [6, 6.07) is 6.83. The van der Waals surface area contributed by atoms with Crippen molar-refractivity contribution in [2.45, 2.75) is 25.0 Å². The fourth-order valence-corrected chi connectivity index (χ4v) is 3.09. The van der Waals surface area contributed by atoms with E-state index in [1.807, 2.05) is 0 Å². The van der Waals surface area contributed by atoms with E-state index in [0.717, 1.165) is 0 Å². The normalized spacial score (nSPS) is 19.8. The number of carbonyl (C=O) groups is 2. The first-order valence-corrected chi connectivity index (χ1v) is 8.05. The number of amides is 2. The average Bonchev–Trinajstić information content (AvgIpc) is 2.96. The minimum absolute atomic E-state index is 0.179. The number of nitrogens with zero attached hydrogens (tertiary/aromatic N) is 1. The van der Waals surface area contributed by atoms with Crippen LogP contribution in [0.15, 0.2) is 24.3 Å². The Kier molecular flexibility index (Phi) is 4.84. The van der Waals surface area contributed by atoms with Crippen molar-refractivity contribution >= 4 is 29.1 Å². The maximum atomic E-state index is 12.2. The first kappa shape index (κ1) is 16.2. The third kappa shape index (κ3) is 4.02. The number of benzene rings is 1. The number of carbonyl (C=O) groups excluding carboxylic acids is 2. The van der Waals surface area contributed by atoms with E-state index in [1.165, 1.54) is 0 Å². The van der Waals surface area contributed by atoms with E-state index in [2.05, 4.69) is 5.32 Å². The van der Waals surface area contributed by atoms with Gasteiger partial charge in [0.1, 0.15) is 6.42 Å². The van der Waals surface area contributed by atoms with Gasteiger partial charge in [-0.3, -0.25) is 9.59 Å². The highest BCUT2D eigenvalue weighted by Crippen LogP contribution is 2.31. The predicted molar refractivity (Wildman–Crippen MR) is 85.1 cm³/mol. The Balaban J connectivity index is 1.48. The zero-order chi connectivity index (χ0) is 16.3. The molecule has 1 N–H and O–H groups in total. The number of hydrogen-bond donors (Lipinski definition) is 1. The SMILES string of the molecule is O=C(CC(=O)N1CCC2(CC1)OCCO2)Nc1cccc(Cl)c1. The Hall–Kier alpha value is -1.63. The van der Waals surface area contributed by atoms with Crippen molar-refractivity contribution in [1.82, 2.24) is 4.90 Å². The van der Waals surface area contributed by atoms with Crippen LogP contribution in [0.5, 0.6) is 0 Å². The second-order valence-electron chi connectivity index (χ2n) is 5.72. The third-order valence-electron chi connectivity index (χ3n) is 4.11. The van der Waals surface area contributed by atoms with Crippen LogP contribution in [0.25, 0.3) is 0 Å². The van der Waals surface area contributed by atoms with Crippen molar-refractivity contribution < 1.29 is 19.1 Å². The summed E-state index contributed by atoms with van der Waals surface area (Å²) in [5, 5.41) is 3.22. The lowest BCUT2D eigenvalue weighted by Gasteiger charge is -2.37. The number of halogens is 1. The zero-order valence-corrected chi connectivity index (χ0v) is 13.5. The number of piperidine rings is 1. The topological polar surface area (TPSA) is 67.9 Å². The van der Waals surface area contributed by atoms with Crippen LogP contribution in [-0.4, -0.2) is 48.8 Å². The lowest BCUT2D eigenvalue weighted by Crippen LogP contribution is -2.47. The van der Waals surface area contributed by atoms with Gasteiger partial charge in [-0.25, -0.2) is 0 Å². The lowest BCUT2D eigenvalue weighted by atomic mass is 10.0. The first-order valence-electron chi connectivity index (χ1n) is 7.67. The quantitative estimate of drug-likeness (QED) is 0.856. The molecule has 0 saturated carbocycles. The smallest absolute Gasteiger partial charge is 0.233 e. The molecule has 7 heteroatoms. The van der Waals surface area contributed by atoms with Gasteiger partial charge in [0.25, 0.3) is 0 Å². The molecular weight excluding hydrogens is 320 g/mol. The monoisotopic (exact) mass is 338 g/mol. The summed E-state index contributed by atoms with van der Waals surface area (Å²) in [6.45, 7) is 2.30. The fourth-order valence-electron chi connectivity index (χ4n) is 2.90. The van der Waals surface area contributed by atoms with Gasteiger partial charge in [-0.15, -0.1) is 0 Å². The van der Waals surface area contributed by atoms with Gasteiger partial charge in [-0.05, 0) is 18.2 Å². The average molecular weight is 339 g/mol. The zero-order valence-electron chi connectivity index (χ0n) is 12.7. The molecule has 1 aromatic rings. The van der Waals surface area contributed by atoms with E-state index in [1.54, 1.807) is 29.2 Å². The van der Waals surface area contributed by atoms with E-state index >= 15 is 0 Å². The Morgan fingerprint density at radius 2 is 1.91 bits per heavy atom. The Morgan fingerprint density at radius 1 is 1.22 bits per heavy atom. The van der Waals surface area contributed by atoms with E-state index in [9.17, 15) is 9.59 Å². The number of hydrogen-bond acceptors (Lipinski definition) is 4. The fraction of sp³-hybridized carbons (Fsp3) is 0.500. The van der Waals surface area contributed by atoms with Crippen LogP contribution in [0.2, 0.25) is 5.02 Å². The molecule has 124 valence electrons. The highest BCUT2D eigenvalue weighted by Gasteiger charge is 2.40. The molecule has 2 saturated heterocycles. The van der Waals surface area contributed by atoms with Gasteiger partial charge < -0.3 is 19.7 Å². The van der Waals surface area contributed by atoms with Gasteiger partial charge in [-0.2, -0.15) is 0 Å². The number of ether oxygens (including phenoxy) is 2. The first-order chi connectivity index (χ1) is 11.1. The van der Waals surface area contributed by atoms with Crippen molar-refractivity contribution in [2.75, 3.05) is 31.6 Å². The Labute approximate surface area is 139 Å². The standard InChI is InChI=1S/C16H19ClN2O4/c17-12-2-1-3-13(10-12)18-14(20)11-15(21)19-6-4-16(5-7-19)22-8-9-23-16/h1-3,10H,4-9,11H2,(H,18,20). The summed E-state index contributed by atoms with van der Waals surface area (Å²) in [6.07, 6.45) is 1.12. The number of rotatable bonds is 3. The second-order valence-corrected chi connectivity index (χ2v) is 6.16. The van der Waals surface area contributed by atoms with E-state index < -0.39 is 5.79 Å². The minimum Gasteiger partial charge on any atom is -0.347 e. The lowest BCUT2D eigenvalue weighted by molar-refractivity contribution is -0.187. The summed E-state index contributed by atoms with van der Waals surface area (Å²) in [5.74, 6) is -1.04. The summed E-state index contributed by atoms with van der Waals surface area (Å²) in [5.41, 5.74) is 0.584. The van der Waals surface area contributed by atoms with E-state index in [0.29, 0.717) is 49.9 Å². The number of anilines is 1. The van der Waals surface area contributed by atoms with Crippen molar-refractivity contribution in [1.29, 1.82) is 0 Å². The Morgan fingerprint density at radius 3 is 2.57 bits per heavy atom. The van der Waals surface area contributed by atoms with Crippen LogP contribution >= 0.6 is 11.6 Å². The van der Waals surface area contributed by atoms with Crippen molar-refractivity contribution in [2.24, 2.45) is 0 Å². The summed E-state index contributed by atoms with van der Waals surface area (Å²) in [4.78, 5) is 25.9. The molecule has 2 amide bonds. The van der Waals surface area contributed by atoms with Gasteiger partial charge >= 0.3 is 0 Å². The van der Waals surface area contributed by atoms with Crippen LogP contribution < -0.4 is 5.32 Å². The summed E-state index contributed by atoms with van der Waals surface area (Å²) in [7, 11) is 0. The molecule has 0 aromatic heterocycles. The molecule has 6 nitrogen and oxygen atoms in total. The van der Waals surface area contributed by atoms with E-state index in [4.69, 9.17) is 21.1 Å². The molecular formula is C16H19ClN2O4. The second kappa shape index (κ2) is 6.86. The molecule has 0 bridgehead atoms. The number of likely N-dealkylation sites (tertiary alicyclic amines) is 1. The molecule has 1 aromatic carbocycles. The molecule has 0 radical (unpaired) electrons. The maximum absolute atomic E-state index is 12.2. The van der Waals surface area contributed by atoms with Gasteiger partial charge in [-0.1, -0.05) is 17.7 Å². The highest BCUT2D eigenvalue weighted by atomic mass is 35.5. The summed E-state index contributed by atoms with van der Waals surface area (Å²) >= 11 is 5.86. The third-order valence-corrected chi connectivity index (χ3v) is 4.35. The van der Waals surface area contributed by atoms with Gasteiger partial charge in [0.15, 0.2) is 5.79 Å². The predicted octanol–water partition coefficient (Wildman–Crippen LogP) is 2.03. The molecule has 2 fully saturated rings. The minimum atomic E-state index is -0.514. The molecule has 3 rings (SSSR count). The maximum Gasteiger partial charge on any atom is 0.233 e. The molecule has 0 unspecified atom stereocenters. The van der Waals surface area contributed by atoms with Crippen LogP contribution in [0, 0.1) is 0 Å². The van der Waals surface area contributed by atoms with Crippen LogP contribution in [0.3, 0.4) is 0 Å². The van der Waals surface area contributed by atoms with Crippen molar-refractivity contribution in [3.05, 3.63) is 29.3 Å². The molecule has 1 spiro atoms. The largest absolute Gasteiger partial charge is 0.347 e. The molecule has 23 heavy (non-hydrogen) atoms. The van der Waals surface area contributed by atoms with Gasteiger partial charge in [0.05, 0.1) is 13.2 Å². The van der Waals surface area contributed by atoms with Crippen LogP contribution in [0.1, 0.15) is 19.3 Å². The summed E-state index contributed by atoms with van der Waals surface area (Å²) < 4.78 is 11.3.